The maximum atomic E-state index is 10.8. The van der Waals surface area contributed by atoms with Crippen molar-refractivity contribution in [1.29, 1.82) is 0 Å². The van der Waals surface area contributed by atoms with Gasteiger partial charge in [0.25, 0.3) is 5.79 Å². The van der Waals surface area contributed by atoms with Crippen LogP contribution in [0.4, 0.5) is 0 Å². The van der Waals surface area contributed by atoms with Crippen molar-refractivity contribution in [2.45, 2.75) is 24.3 Å². The fraction of sp³-hybridized carbons (Fsp3) is 1.00. The lowest BCUT2D eigenvalue weighted by Gasteiger charge is -2.36. The summed E-state index contributed by atoms with van der Waals surface area (Å²) in [5.74, 6) is -3.04. The molecule has 0 saturated carbocycles. The standard InChI is InChI=1S/C5H9O6/c6-2-1-11-4(8)5(9,10)3(2)7/h2-4,6-9H,1H2/t2-,3+,4?,5+/m1/s1. The van der Waals surface area contributed by atoms with Gasteiger partial charge in [-0.15, -0.1) is 0 Å². The molecule has 0 aromatic rings. The zero-order valence-corrected chi connectivity index (χ0v) is 5.54. The Morgan fingerprint density at radius 3 is 2.36 bits per heavy atom. The second kappa shape index (κ2) is 2.67. The SMILES string of the molecule is [O][C@]1(O)C(O)OC[C@@H](O)[C@@H]1O. The molecular formula is C5H9O6. The first-order valence-electron chi connectivity index (χ1n) is 3.05. The normalized spacial score (nSPS) is 43.9. The minimum atomic E-state index is -3.04. The maximum Gasteiger partial charge on any atom is 0.279 e. The predicted molar refractivity (Wildman–Crippen MR) is 29.6 cm³/mol. The Kier molecular flexibility index (Phi) is 2.15. The van der Waals surface area contributed by atoms with E-state index >= 15 is 0 Å². The van der Waals surface area contributed by atoms with E-state index in [1.807, 2.05) is 0 Å². The number of aliphatic hydroxyl groups is 4. The zero-order chi connectivity index (χ0) is 8.65. The summed E-state index contributed by atoms with van der Waals surface area (Å²) in [4.78, 5) is 0. The molecular weight excluding hydrogens is 156 g/mol. The van der Waals surface area contributed by atoms with Crippen LogP contribution in [0.5, 0.6) is 0 Å². The monoisotopic (exact) mass is 165 g/mol. The third kappa shape index (κ3) is 1.36. The van der Waals surface area contributed by atoms with Crippen LogP contribution in [0.25, 0.3) is 0 Å². The van der Waals surface area contributed by atoms with Gasteiger partial charge in [-0.2, -0.15) is 5.11 Å². The van der Waals surface area contributed by atoms with Crippen LogP contribution in [-0.4, -0.2) is 51.3 Å². The molecule has 65 valence electrons. The van der Waals surface area contributed by atoms with E-state index in [0.29, 0.717) is 0 Å². The molecule has 0 spiro atoms. The number of aliphatic hydroxyl groups excluding tert-OH is 3. The molecule has 0 aromatic carbocycles. The van der Waals surface area contributed by atoms with Crippen molar-refractivity contribution < 1.29 is 30.3 Å². The molecule has 0 aromatic heterocycles. The van der Waals surface area contributed by atoms with Gasteiger partial charge in [0, 0.05) is 0 Å². The van der Waals surface area contributed by atoms with Crippen LogP contribution in [0.2, 0.25) is 0 Å². The first kappa shape index (κ1) is 8.85. The molecule has 1 rings (SSSR count). The van der Waals surface area contributed by atoms with Gasteiger partial charge in [0.2, 0.25) is 6.29 Å². The van der Waals surface area contributed by atoms with E-state index in [1.165, 1.54) is 0 Å². The molecule has 0 aliphatic carbocycles. The Morgan fingerprint density at radius 1 is 1.36 bits per heavy atom. The first-order valence-corrected chi connectivity index (χ1v) is 3.05. The minimum absolute atomic E-state index is 0.368. The smallest absolute Gasteiger partial charge is 0.279 e. The van der Waals surface area contributed by atoms with Crippen molar-refractivity contribution >= 4 is 0 Å². The Hall–Kier alpha value is -0.240. The largest absolute Gasteiger partial charge is 0.388 e. The molecule has 1 unspecified atom stereocenters. The molecule has 4 N–H and O–H groups in total. The topological polar surface area (TPSA) is 110 Å². The summed E-state index contributed by atoms with van der Waals surface area (Å²) in [6, 6.07) is 0. The number of hydrogen-bond donors (Lipinski definition) is 4. The first-order chi connectivity index (χ1) is 4.96. The lowest BCUT2D eigenvalue weighted by molar-refractivity contribution is -0.397. The van der Waals surface area contributed by atoms with Crippen molar-refractivity contribution in [2.75, 3.05) is 6.61 Å². The van der Waals surface area contributed by atoms with Crippen LogP contribution in [0.1, 0.15) is 0 Å². The molecule has 6 nitrogen and oxygen atoms in total. The quantitative estimate of drug-likeness (QED) is 0.289. The summed E-state index contributed by atoms with van der Waals surface area (Å²) < 4.78 is 4.26. The highest BCUT2D eigenvalue weighted by Crippen LogP contribution is 2.22. The molecule has 1 fully saturated rings. The van der Waals surface area contributed by atoms with Crippen LogP contribution in [-0.2, 0) is 9.84 Å². The van der Waals surface area contributed by atoms with Crippen LogP contribution >= 0.6 is 0 Å². The lowest BCUT2D eigenvalue weighted by Crippen LogP contribution is -2.62. The van der Waals surface area contributed by atoms with Gasteiger partial charge in [0.15, 0.2) is 0 Å². The molecule has 1 aliphatic heterocycles. The Balaban J connectivity index is 2.72. The predicted octanol–water partition coefficient (Wildman–Crippen LogP) is -2.82. The van der Waals surface area contributed by atoms with E-state index < -0.39 is 24.3 Å². The van der Waals surface area contributed by atoms with E-state index in [-0.39, 0.29) is 6.61 Å². The average molecular weight is 165 g/mol. The van der Waals surface area contributed by atoms with Crippen LogP contribution in [0.15, 0.2) is 0 Å². The molecule has 4 atom stereocenters. The number of rotatable bonds is 0. The van der Waals surface area contributed by atoms with Crippen molar-refractivity contribution in [3.8, 4) is 0 Å². The van der Waals surface area contributed by atoms with Gasteiger partial charge in [-0.05, 0) is 0 Å². The summed E-state index contributed by atoms with van der Waals surface area (Å²) in [7, 11) is 0. The second-order valence-electron chi connectivity index (χ2n) is 2.45. The third-order valence-electron chi connectivity index (χ3n) is 1.57. The highest BCUT2D eigenvalue weighted by Gasteiger charge is 2.51. The summed E-state index contributed by atoms with van der Waals surface area (Å²) >= 11 is 0. The van der Waals surface area contributed by atoms with Gasteiger partial charge < -0.3 is 25.2 Å². The van der Waals surface area contributed by atoms with Crippen molar-refractivity contribution in [2.24, 2.45) is 0 Å². The van der Waals surface area contributed by atoms with E-state index in [4.69, 9.17) is 20.4 Å². The van der Waals surface area contributed by atoms with Gasteiger partial charge in [0.05, 0.1) is 6.61 Å². The fourth-order valence-corrected chi connectivity index (χ4v) is 0.822. The molecule has 1 heterocycles. The second-order valence-corrected chi connectivity index (χ2v) is 2.45. The summed E-state index contributed by atoms with van der Waals surface area (Å²) in [6.45, 7) is -0.368. The molecule has 0 bridgehead atoms. The fourth-order valence-electron chi connectivity index (χ4n) is 0.822. The van der Waals surface area contributed by atoms with E-state index in [0.717, 1.165) is 0 Å². The van der Waals surface area contributed by atoms with E-state index in [1.54, 1.807) is 0 Å². The average Bonchev–Trinajstić information content (AvgIpc) is 1.95. The lowest BCUT2D eigenvalue weighted by atomic mass is 10.0. The number of ether oxygens (including phenoxy) is 1. The van der Waals surface area contributed by atoms with Crippen molar-refractivity contribution in [3.63, 3.8) is 0 Å². The van der Waals surface area contributed by atoms with Crippen LogP contribution in [0, 0.1) is 0 Å². The van der Waals surface area contributed by atoms with Gasteiger partial charge in [0.1, 0.15) is 12.2 Å². The van der Waals surface area contributed by atoms with Gasteiger partial charge >= 0.3 is 0 Å². The highest BCUT2D eigenvalue weighted by atomic mass is 16.7. The van der Waals surface area contributed by atoms with E-state index in [9.17, 15) is 5.11 Å². The molecule has 6 heteroatoms. The third-order valence-corrected chi connectivity index (χ3v) is 1.57. The van der Waals surface area contributed by atoms with Crippen LogP contribution in [0.3, 0.4) is 0 Å². The molecule has 11 heavy (non-hydrogen) atoms. The van der Waals surface area contributed by atoms with Crippen molar-refractivity contribution in [1.82, 2.24) is 0 Å². The minimum Gasteiger partial charge on any atom is -0.388 e. The molecule has 0 amide bonds. The number of hydrogen-bond acceptors (Lipinski definition) is 5. The highest BCUT2D eigenvalue weighted by molar-refractivity contribution is 4.87. The van der Waals surface area contributed by atoms with E-state index in [2.05, 4.69) is 4.74 Å². The van der Waals surface area contributed by atoms with Gasteiger partial charge in [-0.3, -0.25) is 0 Å². The molecule has 1 aliphatic rings. The van der Waals surface area contributed by atoms with Gasteiger partial charge in [-0.25, -0.2) is 0 Å². The zero-order valence-electron chi connectivity index (χ0n) is 5.54. The summed E-state index contributed by atoms with van der Waals surface area (Å²) in [6.07, 6.45) is -5.38. The van der Waals surface area contributed by atoms with Crippen LogP contribution < -0.4 is 0 Å². The summed E-state index contributed by atoms with van der Waals surface area (Å²) in [5.41, 5.74) is 0. The Labute approximate surface area is 62.3 Å². The van der Waals surface area contributed by atoms with Gasteiger partial charge in [-0.1, -0.05) is 0 Å². The Bertz CT molecular complexity index is 146. The molecule has 1 radical (unpaired) electrons. The Morgan fingerprint density at radius 2 is 1.91 bits per heavy atom. The summed E-state index contributed by atoms with van der Waals surface area (Å²) in [5, 5.41) is 45.8. The van der Waals surface area contributed by atoms with Crippen molar-refractivity contribution in [3.05, 3.63) is 0 Å². The maximum absolute atomic E-state index is 10.8. The molecule has 1 saturated heterocycles.